The van der Waals surface area contributed by atoms with Gasteiger partial charge in [0, 0.05) is 26.0 Å². The molecule has 0 radical (unpaired) electrons. The number of sulfonamides is 1. The van der Waals surface area contributed by atoms with E-state index in [9.17, 15) is 22.8 Å². The Hall–Kier alpha value is -3.02. The number of nitrogens with zero attached hydrogens (tertiary/aromatic N) is 1. The third-order valence-corrected chi connectivity index (χ3v) is 5.75. The summed E-state index contributed by atoms with van der Waals surface area (Å²) in [6, 6.07) is 5.95. The van der Waals surface area contributed by atoms with Gasteiger partial charge in [0.1, 0.15) is 5.69 Å². The van der Waals surface area contributed by atoms with Crippen molar-refractivity contribution in [1.29, 1.82) is 0 Å². The maximum Gasteiger partial charge on any atom is 0.356 e. The maximum atomic E-state index is 12.6. The predicted molar refractivity (Wildman–Crippen MR) is 115 cm³/mol. The molecule has 1 heterocycles. The zero-order valence-corrected chi connectivity index (χ0v) is 19.0. The van der Waals surface area contributed by atoms with Gasteiger partial charge in [-0.3, -0.25) is 9.59 Å². The van der Waals surface area contributed by atoms with Crippen LogP contribution < -0.4 is 10.0 Å². The second-order valence-electron chi connectivity index (χ2n) is 6.31. The molecule has 12 heteroatoms. The van der Waals surface area contributed by atoms with Crippen molar-refractivity contribution in [2.24, 2.45) is 0 Å². The van der Waals surface area contributed by atoms with Gasteiger partial charge in [-0.15, -0.1) is 0 Å². The molecule has 0 bridgehead atoms. The van der Waals surface area contributed by atoms with Gasteiger partial charge in [0.15, 0.2) is 0 Å². The number of hydrogen-bond acceptors (Lipinski definition) is 8. The second kappa shape index (κ2) is 11.6. The minimum absolute atomic E-state index is 0.0403. The molecule has 0 aliphatic heterocycles. The Balaban J connectivity index is 2.12. The fourth-order valence-electron chi connectivity index (χ4n) is 2.45. The molecular formula is C20H22ClN3O7S. The lowest BCUT2D eigenvalue weighted by Gasteiger charge is -2.11. The number of esters is 1. The van der Waals surface area contributed by atoms with Gasteiger partial charge in [-0.05, 0) is 43.7 Å². The molecule has 172 valence electrons. The number of rotatable bonds is 10. The van der Waals surface area contributed by atoms with Gasteiger partial charge >= 0.3 is 5.97 Å². The van der Waals surface area contributed by atoms with Crippen molar-refractivity contribution in [2.45, 2.75) is 18.2 Å². The Labute approximate surface area is 190 Å². The van der Waals surface area contributed by atoms with Crippen LogP contribution in [0.4, 0.5) is 0 Å². The van der Waals surface area contributed by atoms with Crippen molar-refractivity contribution < 1.29 is 32.3 Å². The van der Waals surface area contributed by atoms with E-state index in [0.29, 0.717) is 26.2 Å². The fraction of sp³-hybridized carbons (Fsp3) is 0.300. The van der Waals surface area contributed by atoms with Gasteiger partial charge in [-0.1, -0.05) is 11.6 Å². The molecule has 32 heavy (non-hydrogen) atoms. The number of halogens is 1. The lowest BCUT2D eigenvalue weighted by molar-refractivity contribution is 0.0593. The van der Waals surface area contributed by atoms with Gasteiger partial charge in [0.2, 0.25) is 0 Å². The number of aromatic nitrogens is 1. The maximum absolute atomic E-state index is 12.6. The van der Waals surface area contributed by atoms with Crippen LogP contribution in [0.3, 0.4) is 0 Å². The molecule has 0 aliphatic carbocycles. The van der Waals surface area contributed by atoms with Crippen molar-refractivity contribution in [2.75, 3.05) is 26.9 Å². The van der Waals surface area contributed by atoms with Crippen molar-refractivity contribution in [3.05, 3.63) is 58.4 Å². The monoisotopic (exact) mass is 483 g/mol. The number of pyridine rings is 1. The second-order valence-corrected chi connectivity index (χ2v) is 8.40. The summed E-state index contributed by atoms with van der Waals surface area (Å²) >= 11 is 6.04. The standard InChI is InChI=1S/C20H22ClN3O7S/c1-3-31-10-4-9-22-19(26)15-11-14(6-7-16(15)21)32(28,29)24-18(25)13-5-8-17(23-12-13)20(27)30-2/h5-8,11-12H,3-4,9-10H2,1-2H3,(H,22,26)(H,24,25). The van der Waals surface area contributed by atoms with Crippen LogP contribution in [-0.4, -0.2) is 58.1 Å². The lowest BCUT2D eigenvalue weighted by atomic mass is 10.2. The first-order chi connectivity index (χ1) is 15.2. The first-order valence-electron chi connectivity index (χ1n) is 9.46. The van der Waals surface area contributed by atoms with E-state index < -0.39 is 27.8 Å². The summed E-state index contributed by atoms with van der Waals surface area (Å²) in [5.41, 5.74) is -0.188. The van der Waals surface area contributed by atoms with Crippen molar-refractivity contribution in [1.82, 2.24) is 15.0 Å². The average molecular weight is 484 g/mol. The molecule has 0 atom stereocenters. The largest absolute Gasteiger partial charge is 0.464 e. The van der Waals surface area contributed by atoms with E-state index >= 15 is 0 Å². The molecule has 2 N–H and O–H groups in total. The first kappa shape index (κ1) is 25.2. The number of carbonyl (C=O) groups is 3. The fourth-order valence-corrected chi connectivity index (χ4v) is 3.66. The number of carbonyl (C=O) groups excluding carboxylic acids is 3. The first-order valence-corrected chi connectivity index (χ1v) is 11.3. The molecule has 0 spiro atoms. The summed E-state index contributed by atoms with van der Waals surface area (Å²) in [5.74, 6) is -2.22. The zero-order valence-electron chi connectivity index (χ0n) is 17.4. The highest BCUT2D eigenvalue weighted by Gasteiger charge is 2.22. The number of methoxy groups -OCH3 is 1. The molecule has 0 aliphatic rings. The highest BCUT2D eigenvalue weighted by Crippen LogP contribution is 2.21. The minimum Gasteiger partial charge on any atom is -0.464 e. The number of hydrogen-bond donors (Lipinski definition) is 2. The molecule has 1 aromatic heterocycles. The van der Waals surface area contributed by atoms with Gasteiger partial charge in [0.25, 0.3) is 21.8 Å². The number of amides is 2. The smallest absolute Gasteiger partial charge is 0.356 e. The van der Waals surface area contributed by atoms with Crippen molar-refractivity contribution >= 4 is 39.4 Å². The van der Waals surface area contributed by atoms with Gasteiger partial charge in [-0.25, -0.2) is 22.9 Å². The molecule has 0 unspecified atom stereocenters. The van der Waals surface area contributed by atoms with E-state index in [0.717, 1.165) is 12.3 Å². The van der Waals surface area contributed by atoms with Crippen LogP contribution in [0.5, 0.6) is 0 Å². The molecule has 2 amide bonds. The van der Waals surface area contributed by atoms with Crippen LogP contribution in [0.25, 0.3) is 0 Å². The summed E-state index contributed by atoms with van der Waals surface area (Å²) in [6.07, 6.45) is 1.62. The SMILES string of the molecule is CCOCCCNC(=O)c1cc(S(=O)(=O)NC(=O)c2ccc(C(=O)OC)nc2)ccc1Cl. The van der Waals surface area contributed by atoms with Crippen LogP contribution >= 0.6 is 11.6 Å². The molecule has 10 nitrogen and oxygen atoms in total. The van der Waals surface area contributed by atoms with Crippen LogP contribution in [0.15, 0.2) is 41.4 Å². The Morgan fingerprint density at radius 3 is 2.50 bits per heavy atom. The normalized spacial score (nSPS) is 11.0. The Kier molecular flexibility index (Phi) is 9.12. The van der Waals surface area contributed by atoms with Crippen molar-refractivity contribution in [3.63, 3.8) is 0 Å². The highest BCUT2D eigenvalue weighted by molar-refractivity contribution is 7.90. The van der Waals surface area contributed by atoms with Crippen LogP contribution in [0, 0.1) is 0 Å². The number of nitrogens with one attached hydrogen (secondary N) is 2. The van der Waals surface area contributed by atoms with E-state index in [4.69, 9.17) is 16.3 Å². The van der Waals surface area contributed by atoms with Gasteiger partial charge in [0.05, 0.1) is 28.2 Å². The topological polar surface area (TPSA) is 141 Å². The van der Waals surface area contributed by atoms with E-state index in [-0.39, 0.29) is 26.7 Å². The highest BCUT2D eigenvalue weighted by atomic mass is 35.5. The Morgan fingerprint density at radius 1 is 1.12 bits per heavy atom. The van der Waals surface area contributed by atoms with E-state index in [1.54, 1.807) is 0 Å². The molecular weight excluding hydrogens is 462 g/mol. The molecule has 0 saturated heterocycles. The Morgan fingerprint density at radius 2 is 1.88 bits per heavy atom. The summed E-state index contributed by atoms with van der Waals surface area (Å²) in [4.78, 5) is 39.5. The van der Waals surface area contributed by atoms with Gasteiger partial charge in [-0.2, -0.15) is 0 Å². The quantitative estimate of drug-likeness (QED) is 0.385. The average Bonchev–Trinajstić information content (AvgIpc) is 2.78. The van der Waals surface area contributed by atoms with Crippen LogP contribution in [0.1, 0.15) is 44.5 Å². The number of ether oxygens (including phenoxy) is 2. The third kappa shape index (κ3) is 6.74. The predicted octanol–water partition coefficient (Wildman–Crippen LogP) is 1.80. The van der Waals surface area contributed by atoms with Crippen LogP contribution in [0.2, 0.25) is 5.02 Å². The summed E-state index contributed by atoms with van der Waals surface area (Å²) < 4.78 is 36.9. The molecule has 2 aromatic rings. The van der Waals surface area contributed by atoms with E-state index in [2.05, 4.69) is 15.0 Å². The molecule has 0 saturated carbocycles. The summed E-state index contributed by atoms with van der Waals surface area (Å²) in [5, 5.41) is 2.69. The van der Waals surface area contributed by atoms with E-state index in [1.807, 2.05) is 11.6 Å². The third-order valence-electron chi connectivity index (χ3n) is 4.10. The van der Waals surface area contributed by atoms with E-state index in [1.165, 1.54) is 31.4 Å². The molecule has 2 rings (SSSR count). The van der Waals surface area contributed by atoms with Crippen molar-refractivity contribution in [3.8, 4) is 0 Å². The number of benzene rings is 1. The molecule has 0 fully saturated rings. The lowest BCUT2D eigenvalue weighted by Crippen LogP contribution is -2.31. The van der Waals surface area contributed by atoms with Gasteiger partial charge < -0.3 is 14.8 Å². The molecule has 1 aromatic carbocycles. The minimum atomic E-state index is -4.32. The van der Waals surface area contributed by atoms with Crippen LogP contribution in [-0.2, 0) is 19.5 Å². The summed E-state index contributed by atoms with van der Waals surface area (Å²) in [6.45, 7) is 3.21. The Bertz CT molecular complexity index is 1090. The summed E-state index contributed by atoms with van der Waals surface area (Å²) in [7, 11) is -3.14. The zero-order chi connectivity index (χ0) is 23.7.